The molecule has 6 heteroatoms. The van der Waals surface area contributed by atoms with Gasteiger partial charge in [-0.05, 0) is 57.2 Å². The second-order valence-corrected chi connectivity index (χ2v) is 9.81. The number of piperidine rings is 3. The summed E-state index contributed by atoms with van der Waals surface area (Å²) in [6.45, 7) is 7.05. The van der Waals surface area contributed by atoms with Crippen molar-refractivity contribution in [3.8, 4) is 0 Å². The van der Waals surface area contributed by atoms with Gasteiger partial charge in [0, 0.05) is 38.1 Å². The molecule has 0 aliphatic carbocycles. The van der Waals surface area contributed by atoms with E-state index < -0.39 is 0 Å². The summed E-state index contributed by atoms with van der Waals surface area (Å²) in [4.78, 5) is 7.67. The lowest BCUT2D eigenvalue weighted by atomic mass is 9.91. The van der Waals surface area contributed by atoms with Crippen LogP contribution < -0.4 is 9.80 Å². The monoisotopic (exact) mass is 411 g/mol. The quantitative estimate of drug-likeness (QED) is 0.746. The normalized spacial score (nSPS) is 24.8. The third-order valence-corrected chi connectivity index (χ3v) is 8.05. The first-order valence-electron chi connectivity index (χ1n) is 11.5. The lowest BCUT2D eigenvalue weighted by Gasteiger charge is -2.40. The van der Waals surface area contributed by atoms with Crippen LogP contribution in [-0.4, -0.2) is 60.4 Å². The lowest BCUT2D eigenvalue weighted by Crippen LogP contribution is -2.46. The molecule has 3 aliphatic rings. The van der Waals surface area contributed by atoms with Gasteiger partial charge in [0.1, 0.15) is 0 Å². The Morgan fingerprint density at radius 2 is 1.45 bits per heavy atom. The SMILES string of the molecule is c1ccc(C2CCCN(c3nnc(N4CCC(N5CCCCC5)CC4)s3)C2)cc1. The van der Waals surface area contributed by atoms with Gasteiger partial charge in [0.25, 0.3) is 0 Å². The molecule has 3 fully saturated rings. The number of nitrogens with zero attached hydrogens (tertiary/aromatic N) is 5. The van der Waals surface area contributed by atoms with E-state index in [0.717, 1.165) is 42.5 Å². The van der Waals surface area contributed by atoms with Crippen LogP contribution in [0.3, 0.4) is 0 Å². The predicted molar refractivity (Wildman–Crippen MR) is 121 cm³/mol. The topological polar surface area (TPSA) is 35.5 Å². The molecule has 4 heterocycles. The summed E-state index contributed by atoms with van der Waals surface area (Å²) in [6.07, 6.45) is 9.25. The van der Waals surface area contributed by atoms with E-state index in [0.29, 0.717) is 5.92 Å². The summed E-state index contributed by atoms with van der Waals surface area (Å²) < 4.78 is 0. The Kier molecular flexibility index (Phi) is 6.00. The fourth-order valence-corrected chi connectivity index (χ4v) is 6.25. The van der Waals surface area contributed by atoms with Crippen molar-refractivity contribution in [3.63, 3.8) is 0 Å². The molecule has 3 saturated heterocycles. The van der Waals surface area contributed by atoms with Crippen molar-refractivity contribution in [1.82, 2.24) is 15.1 Å². The number of aromatic nitrogens is 2. The molecule has 1 aromatic heterocycles. The highest BCUT2D eigenvalue weighted by Gasteiger charge is 2.28. The van der Waals surface area contributed by atoms with Crippen molar-refractivity contribution in [2.45, 2.75) is 56.9 Å². The Labute approximate surface area is 178 Å². The Hall–Kier alpha value is -1.66. The number of anilines is 2. The number of hydrogen-bond acceptors (Lipinski definition) is 6. The van der Waals surface area contributed by atoms with Gasteiger partial charge in [0.2, 0.25) is 10.3 Å². The smallest absolute Gasteiger partial charge is 0.210 e. The van der Waals surface area contributed by atoms with Crippen molar-refractivity contribution < 1.29 is 0 Å². The summed E-state index contributed by atoms with van der Waals surface area (Å²) in [5.74, 6) is 0.609. The van der Waals surface area contributed by atoms with E-state index in [-0.39, 0.29) is 0 Å². The van der Waals surface area contributed by atoms with Crippen LogP contribution in [0.5, 0.6) is 0 Å². The molecule has 0 N–H and O–H groups in total. The van der Waals surface area contributed by atoms with Crippen LogP contribution in [0.25, 0.3) is 0 Å². The third-order valence-electron chi connectivity index (χ3n) is 7.01. The summed E-state index contributed by atoms with van der Waals surface area (Å²) in [5, 5.41) is 11.4. The predicted octanol–water partition coefficient (Wildman–Crippen LogP) is 4.38. The fraction of sp³-hybridized carbons (Fsp3) is 0.652. The molecule has 0 spiro atoms. The van der Waals surface area contributed by atoms with E-state index in [1.54, 1.807) is 11.3 Å². The Balaban J connectivity index is 1.19. The van der Waals surface area contributed by atoms with Crippen LogP contribution in [0, 0.1) is 0 Å². The van der Waals surface area contributed by atoms with Crippen LogP contribution in [-0.2, 0) is 0 Å². The van der Waals surface area contributed by atoms with E-state index in [1.165, 1.54) is 63.6 Å². The molecule has 5 rings (SSSR count). The Morgan fingerprint density at radius 3 is 2.21 bits per heavy atom. The number of benzene rings is 1. The molecule has 1 aromatic carbocycles. The van der Waals surface area contributed by atoms with Crippen LogP contribution in [0.1, 0.15) is 56.4 Å². The van der Waals surface area contributed by atoms with Crippen LogP contribution >= 0.6 is 11.3 Å². The first-order valence-corrected chi connectivity index (χ1v) is 12.3. The zero-order valence-electron chi connectivity index (χ0n) is 17.4. The summed E-state index contributed by atoms with van der Waals surface area (Å²) in [5.41, 5.74) is 1.46. The molecule has 1 atom stereocenters. The zero-order chi connectivity index (χ0) is 19.5. The number of hydrogen-bond donors (Lipinski definition) is 0. The van der Waals surface area contributed by atoms with Gasteiger partial charge in [-0.3, -0.25) is 0 Å². The van der Waals surface area contributed by atoms with Gasteiger partial charge in [0.15, 0.2) is 0 Å². The lowest BCUT2D eigenvalue weighted by molar-refractivity contribution is 0.141. The highest BCUT2D eigenvalue weighted by atomic mass is 32.1. The molecule has 0 amide bonds. The average molecular weight is 412 g/mol. The van der Waals surface area contributed by atoms with Gasteiger partial charge in [-0.25, -0.2) is 0 Å². The van der Waals surface area contributed by atoms with E-state index in [2.05, 4.69) is 55.2 Å². The Morgan fingerprint density at radius 1 is 0.724 bits per heavy atom. The second kappa shape index (κ2) is 9.00. The molecule has 0 saturated carbocycles. The molecule has 0 bridgehead atoms. The van der Waals surface area contributed by atoms with Gasteiger partial charge in [-0.2, -0.15) is 0 Å². The molecule has 1 unspecified atom stereocenters. The number of rotatable bonds is 4. The Bertz CT molecular complexity index is 765. The van der Waals surface area contributed by atoms with Crippen LogP contribution in [0.4, 0.5) is 10.3 Å². The van der Waals surface area contributed by atoms with E-state index >= 15 is 0 Å². The largest absolute Gasteiger partial charge is 0.346 e. The van der Waals surface area contributed by atoms with Gasteiger partial charge in [-0.15, -0.1) is 10.2 Å². The minimum absolute atomic E-state index is 0.609. The standard InChI is InChI=1S/C23H33N5S/c1-3-8-19(9-4-1)20-10-7-15-28(18-20)23-25-24-22(29-23)27-16-11-21(12-17-27)26-13-5-2-6-14-26/h1,3-4,8-9,20-21H,2,5-7,10-18H2. The van der Waals surface area contributed by atoms with E-state index in [9.17, 15) is 0 Å². The minimum atomic E-state index is 0.609. The van der Waals surface area contributed by atoms with Crippen LogP contribution in [0.2, 0.25) is 0 Å². The van der Waals surface area contributed by atoms with Gasteiger partial charge < -0.3 is 14.7 Å². The zero-order valence-corrected chi connectivity index (χ0v) is 18.2. The fourth-order valence-electron chi connectivity index (χ4n) is 5.32. The van der Waals surface area contributed by atoms with Gasteiger partial charge in [-0.1, -0.05) is 48.1 Å². The van der Waals surface area contributed by atoms with E-state index in [4.69, 9.17) is 0 Å². The average Bonchev–Trinajstić information content (AvgIpc) is 3.31. The molecular formula is C23H33N5S. The maximum atomic E-state index is 4.59. The summed E-state index contributed by atoms with van der Waals surface area (Å²) >= 11 is 1.80. The van der Waals surface area contributed by atoms with Crippen molar-refractivity contribution in [2.24, 2.45) is 0 Å². The first-order chi connectivity index (χ1) is 14.4. The molecule has 156 valence electrons. The van der Waals surface area contributed by atoms with Gasteiger partial charge >= 0.3 is 0 Å². The molecule has 3 aliphatic heterocycles. The second-order valence-electron chi connectivity index (χ2n) is 8.88. The van der Waals surface area contributed by atoms with Crippen molar-refractivity contribution in [3.05, 3.63) is 35.9 Å². The first kappa shape index (κ1) is 19.3. The minimum Gasteiger partial charge on any atom is -0.346 e. The maximum Gasteiger partial charge on any atom is 0.210 e. The highest BCUT2D eigenvalue weighted by molar-refractivity contribution is 7.19. The molecule has 0 radical (unpaired) electrons. The molecule has 2 aromatic rings. The van der Waals surface area contributed by atoms with Crippen molar-refractivity contribution in [2.75, 3.05) is 49.1 Å². The molecule has 5 nitrogen and oxygen atoms in total. The van der Waals surface area contributed by atoms with Gasteiger partial charge in [0.05, 0.1) is 0 Å². The highest BCUT2D eigenvalue weighted by Crippen LogP contribution is 2.34. The van der Waals surface area contributed by atoms with Crippen LogP contribution in [0.15, 0.2) is 30.3 Å². The maximum absolute atomic E-state index is 4.59. The molecular weight excluding hydrogens is 378 g/mol. The summed E-state index contributed by atoms with van der Waals surface area (Å²) in [6, 6.07) is 11.7. The van der Waals surface area contributed by atoms with Crippen molar-refractivity contribution >= 4 is 21.6 Å². The number of likely N-dealkylation sites (tertiary alicyclic amines) is 1. The molecule has 29 heavy (non-hydrogen) atoms. The third kappa shape index (κ3) is 4.43. The van der Waals surface area contributed by atoms with Crippen molar-refractivity contribution in [1.29, 1.82) is 0 Å². The van der Waals surface area contributed by atoms with E-state index in [1.807, 2.05) is 0 Å². The summed E-state index contributed by atoms with van der Waals surface area (Å²) in [7, 11) is 0.